The maximum absolute atomic E-state index is 11.7. The molecule has 18 heavy (non-hydrogen) atoms. The summed E-state index contributed by atoms with van der Waals surface area (Å²) in [6.45, 7) is 7.60. The van der Waals surface area contributed by atoms with Crippen molar-refractivity contribution in [1.82, 2.24) is 5.32 Å². The third kappa shape index (κ3) is 6.36. The fraction of sp³-hybridized carbons (Fsp3) is 0.929. The van der Waals surface area contributed by atoms with Crippen LogP contribution in [-0.4, -0.2) is 30.7 Å². The molecule has 0 rings (SSSR count). The van der Waals surface area contributed by atoms with Gasteiger partial charge in [-0.25, -0.2) is 0 Å². The van der Waals surface area contributed by atoms with E-state index in [4.69, 9.17) is 5.73 Å². The third-order valence-electron chi connectivity index (χ3n) is 4.02. The van der Waals surface area contributed by atoms with Gasteiger partial charge in [0.1, 0.15) is 0 Å². The number of carbonyl (C=O) groups is 1. The maximum Gasteiger partial charge on any atom is 0.220 e. The van der Waals surface area contributed by atoms with Crippen molar-refractivity contribution in [3.63, 3.8) is 0 Å². The molecule has 1 atom stereocenters. The van der Waals surface area contributed by atoms with Crippen molar-refractivity contribution in [2.24, 2.45) is 17.1 Å². The Labute approximate surface area is 111 Å². The first kappa shape index (κ1) is 17.4. The Morgan fingerprint density at radius 1 is 1.33 bits per heavy atom. The lowest BCUT2D eigenvalue weighted by molar-refractivity contribution is -0.122. The van der Waals surface area contributed by atoms with Crippen molar-refractivity contribution in [3.05, 3.63) is 0 Å². The molecule has 4 nitrogen and oxygen atoms in total. The van der Waals surface area contributed by atoms with Crippen molar-refractivity contribution in [3.8, 4) is 0 Å². The number of aliphatic hydroxyl groups excluding tert-OH is 1. The molecule has 0 spiro atoms. The lowest BCUT2D eigenvalue weighted by Gasteiger charge is -2.29. The van der Waals surface area contributed by atoms with Gasteiger partial charge in [0.2, 0.25) is 5.91 Å². The van der Waals surface area contributed by atoms with Gasteiger partial charge in [-0.2, -0.15) is 0 Å². The Kier molecular flexibility index (Phi) is 9.02. The second-order valence-electron chi connectivity index (χ2n) is 5.36. The van der Waals surface area contributed by atoms with Crippen LogP contribution in [0.25, 0.3) is 0 Å². The highest BCUT2D eigenvalue weighted by Crippen LogP contribution is 2.24. The largest absolute Gasteiger partial charge is 0.396 e. The minimum atomic E-state index is -0.154. The second kappa shape index (κ2) is 9.34. The van der Waals surface area contributed by atoms with E-state index in [2.05, 4.69) is 26.1 Å². The second-order valence-corrected chi connectivity index (χ2v) is 5.36. The molecule has 1 amide bonds. The number of hydrogen-bond donors (Lipinski definition) is 3. The molecule has 1 unspecified atom stereocenters. The quantitative estimate of drug-likeness (QED) is 0.558. The van der Waals surface area contributed by atoms with Crippen molar-refractivity contribution in [1.29, 1.82) is 0 Å². The zero-order chi connectivity index (χ0) is 14.0. The Morgan fingerprint density at radius 3 is 2.39 bits per heavy atom. The molecule has 0 aliphatic carbocycles. The van der Waals surface area contributed by atoms with Crippen LogP contribution in [0.1, 0.15) is 52.9 Å². The van der Waals surface area contributed by atoms with Crippen molar-refractivity contribution >= 4 is 5.91 Å². The number of hydrogen-bond acceptors (Lipinski definition) is 3. The first-order valence-corrected chi connectivity index (χ1v) is 7.11. The van der Waals surface area contributed by atoms with Crippen LogP contribution in [0.5, 0.6) is 0 Å². The summed E-state index contributed by atoms with van der Waals surface area (Å²) in [4.78, 5) is 11.7. The molecule has 0 saturated heterocycles. The summed E-state index contributed by atoms with van der Waals surface area (Å²) in [7, 11) is 0. The summed E-state index contributed by atoms with van der Waals surface area (Å²) in [6.07, 6.45) is 4.16. The minimum absolute atomic E-state index is 0.0820. The van der Waals surface area contributed by atoms with Crippen LogP contribution < -0.4 is 11.1 Å². The van der Waals surface area contributed by atoms with Gasteiger partial charge in [0, 0.05) is 18.4 Å². The highest BCUT2D eigenvalue weighted by molar-refractivity contribution is 5.75. The van der Waals surface area contributed by atoms with Gasteiger partial charge in [-0.15, -0.1) is 0 Å². The molecular formula is C14H30N2O2. The monoisotopic (exact) mass is 258 g/mol. The summed E-state index contributed by atoms with van der Waals surface area (Å²) in [6, 6.07) is 0. The molecule has 0 aromatic carbocycles. The van der Waals surface area contributed by atoms with E-state index in [1.807, 2.05) is 0 Å². The zero-order valence-electron chi connectivity index (χ0n) is 12.2. The van der Waals surface area contributed by atoms with Crippen LogP contribution >= 0.6 is 0 Å². The normalized spacial score (nSPS) is 13.4. The number of nitrogens with two attached hydrogens (primary N) is 1. The molecule has 0 aromatic heterocycles. The first-order valence-electron chi connectivity index (χ1n) is 7.11. The number of rotatable bonds is 10. The highest BCUT2D eigenvalue weighted by Gasteiger charge is 2.25. The lowest BCUT2D eigenvalue weighted by atomic mass is 9.83. The molecule has 0 radical (unpaired) electrons. The smallest absolute Gasteiger partial charge is 0.220 e. The Morgan fingerprint density at radius 2 is 1.94 bits per heavy atom. The van der Waals surface area contributed by atoms with E-state index in [1.54, 1.807) is 0 Å². The average molecular weight is 258 g/mol. The SMILES string of the molecule is CCC(CC)(CO)CNC(=O)CCC(C)CCN. The molecule has 0 fully saturated rings. The van der Waals surface area contributed by atoms with Gasteiger partial charge in [0.25, 0.3) is 0 Å². The molecular weight excluding hydrogens is 228 g/mol. The number of amides is 1. The van der Waals surface area contributed by atoms with Gasteiger partial charge in [-0.1, -0.05) is 20.8 Å². The Bertz CT molecular complexity index is 220. The standard InChI is InChI=1S/C14H30N2O2/c1-4-14(5-2,11-17)10-16-13(18)7-6-12(3)8-9-15/h12,17H,4-11,15H2,1-3H3,(H,16,18). The maximum atomic E-state index is 11.7. The molecule has 4 heteroatoms. The van der Waals surface area contributed by atoms with Gasteiger partial charge in [0.05, 0.1) is 6.61 Å². The minimum Gasteiger partial charge on any atom is -0.396 e. The van der Waals surface area contributed by atoms with E-state index in [0.29, 0.717) is 25.4 Å². The first-order chi connectivity index (χ1) is 8.53. The van der Waals surface area contributed by atoms with Crippen LogP contribution in [0.15, 0.2) is 0 Å². The molecule has 0 saturated carbocycles. The molecule has 0 aliphatic heterocycles. The molecule has 4 N–H and O–H groups in total. The summed E-state index contributed by atoms with van der Waals surface area (Å²) in [5.74, 6) is 0.583. The van der Waals surface area contributed by atoms with Gasteiger partial charge in [0.15, 0.2) is 0 Å². The van der Waals surface area contributed by atoms with Gasteiger partial charge < -0.3 is 16.2 Å². The van der Waals surface area contributed by atoms with Gasteiger partial charge in [-0.3, -0.25) is 4.79 Å². The number of nitrogens with one attached hydrogen (secondary N) is 1. The molecule has 108 valence electrons. The lowest BCUT2D eigenvalue weighted by Crippen LogP contribution is -2.39. The Balaban J connectivity index is 3.95. The molecule has 0 aliphatic rings. The predicted molar refractivity (Wildman–Crippen MR) is 75.2 cm³/mol. The summed E-state index contributed by atoms with van der Waals surface area (Å²) >= 11 is 0. The van der Waals surface area contributed by atoms with E-state index in [1.165, 1.54) is 0 Å². The fourth-order valence-electron chi connectivity index (χ4n) is 1.96. The topological polar surface area (TPSA) is 75.3 Å². The molecule has 0 heterocycles. The van der Waals surface area contributed by atoms with E-state index >= 15 is 0 Å². The number of carbonyl (C=O) groups excluding carboxylic acids is 1. The van der Waals surface area contributed by atoms with Crippen LogP contribution in [0.4, 0.5) is 0 Å². The van der Waals surface area contributed by atoms with E-state index < -0.39 is 0 Å². The molecule has 0 bridgehead atoms. The van der Waals surface area contributed by atoms with Crippen LogP contribution in [0.3, 0.4) is 0 Å². The fourth-order valence-corrected chi connectivity index (χ4v) is 1.96. The van der Waals surface area contributed by atoms with Crippen LogP contribution in [0.2, 0.25) is 0 Å². The zero-order valence-corrected chi connectivity index (χ0v) is 12.2. The van der Waals surface area contributed by atoms with Crippen molar-refractivity contribution < 1.29 is 9.90 Å². The van der Waals surface area contributed by atoms with Gasteiger partial charge >= 0.3 is 0 Å². The Hall–Kier alpha value is -0.610. The summed E-state index contributed by atoms with van der Waals surface area (Å²) < 4.78 is 0. The highest BCUT2D eigenvalue weighted by atomic mass is 16.3. The summed E-state index contributed by atoms with van der Waals surface area (Å²) in [5.41, 5.74) is 5.32. The third-order valence-corrected chi connectivity index (χ3v) is 4.02. The van der Waals surface area contributed by atoms with Gasteiger partial charge in [-0.05, 0) is 38.1 Å². The van der Waals surface area contributed by atoms with Crippen molar-refractivity contribution in [2.75, 3.05) is 19.7 Å². The summed E-state index contributed by atoms with van der Waals surface area (Å²) in [5, 5.41) is 12.4. The van der Waals surface area contributed by atoms with E-state index in [-0.39, 0.29) is 17.9 Å². The average Bonchev–Trinajstić information content (AvgIpc) is 2.39. The van der Waals surface area contributed by atoms with Crippen molar-refractivity contribution in [2.45, 2.75) is 52.9 Å². The molecule has 0 aromatic rings. The van der Waals surface area contributed by atoms with Crippen LogP contribution in [-0.2, 0) is 4.79 Å². The number of aliphatic hydroxyl groups is 1. The predicted octanol–water partition coefficient (Wildman–Crippen LogP) is 1.67. The van der Waals surface area contributed by atoms with E-state index in [9.17, 15) is 9.90 Å². The van der Waals surface area contributed by atoms with E-state index in [0.717, 1.165) is 25.7 Å². The van der Waals surface area contributed by atoms with Crippen LogP contribution in [0, 0.1) is 11.3 Å².